The summed E-state index contributed by atoms with van der Waals surface area (Å²) >= 11 is 0. The molecule has 2 nitrogen and oxygen atoms in total. The summed E-state index contributed by atoms with van der Waals surface area (Å²) in [5.41, 5.74) is 0. The Kier molecular flexibility index (Phi) is 0.998. The number of hydrogen-bond donors (Lipinski definition) is 0. The smallest absolute Gasteiger partial charge is 0.0734 e. The fourth-order valence-corrected chi connectivity index (χ4v) is 0.359. The van der Waals surface area contributed by atoms with E-state index >= 15 is 0 Å². The molecule has 0 fully saturated rings. The van der Waals surface area contributed by atoms with Gasteiger partial charge < -0.3 is 0 Å². The van der Waals surface area contributed by atoms with E-state index in [4.69, 9.17) is 0 Å². The highest BCUT2D eigenvalue weighted by Gasteiger charge is 1.77. The van der Waals surface area contributed by atoms with E-state index in [1.807, 2.05) is 12.4 Å². The molecule has 0 aromatic rings. The lowest BCUT2D eigenvalue weighted by Crippen LogP contribution is -1.93. The zero-order chi connectivity index (χ0) is 4.24. The van der Waals surface area contributed by atoms with Crippen LogP contribution in [0.4, 0.5) is 0 Å². The Bertz CT molecular complexity index is 63.5. The highest BCUT2D eigenvalue weighted by molar-refractivity contribution is 5.72. The van der Waals surface area contributed by atoms with Crippen LogP contribution in [-0.4, -0.2) is 25.5 Å². The zero-order valence-electron chi connectivity index (χ0n) is 3.46. The van der Waals surface area contributed by atoms with Crippen LogP contribution in [0.3, 0.4) is 0 Å². The summed E-state index contributed by atoms with van der Waals surface area (Å²) in [6, 6.07) is 0. The summed E-state index contributed by atoms with van der Waals surface area (Å²) in [4.78, 5) is 7.81. The molecule has 0 saturated heterocycles. The summed E-state index contributed by atoms with van der Waals surface area (Å²) in [5.74, 6) is 0. The van der Waals surface area contributed by atoms with Crippen LogP contribution in [0.5, 0.6) is 0 Å². The van der Waals surface area contributed by atoms with Crippen LogP contribution < -0.4 is 0 Å². The van der Waals surface area contributed by atoms with Gasteiger partial charge in [-0.1, -0.05) is 0 Å². The van der Waals surface area contributed by atoms with E-state index in [1.54, 1.807) is 0 Å². The maximum Gasteiger partial charge on any atom is 0.0734 e. The SMILES string of the molecule is C1=NCC=NC1. The third kappa shape index (κ3) is 0.641. The van der Waals surface area contributed by atoms with Gasteiger partial charge in [-0.15, -0.1) is 0 Å². The molecular weight excluding hydrogens is 76.1 g/mol. The van der Waals surface area contributed by atoms with Crippen LogP contribution in [-0.2, 0) is 0 Å². The van der Waals surface area contributed by atoms with Gasteiger partial charge in [0.2, 0.25) is 0 Å². The lowest BCUT2D eigenvalue weighted by atomic mass is 10.6. The van der Waals surface area contributed by atoms with Gasteiger partial charge in [-0.05, 0) is 0 Å². The van der Waals surface area contributed by atoms with Crippen LogP contribution in [0.25, 0.3) is 0 Å². The molecule has 2 heteroatoms. The number of rotatable bonds is 0. The number of aliphatic imine (C=N–C) groups is 2. The number of nitrogens with zero attached hydrogens (tertiary/aromatic N) is 2. The first-order valence-electron chi connectivity index (χ1n) is 1.97. The van der Waals surface area contributed by atoms with Gasteiger partial charge in [0.1, 0.15) is 0 Å². The van der Waals surface area contributed by atoms with Crippen molar-refractivity contribution in [3.8, 4) is 0 Å². The second-order valence-corrected chi connectivity index (χ2v) is 1.10. The van der Waals surface area contributed by atoms with Gasteiger partial charge in [0.05, 0.1) is 13.1 Å². The summed E-state index contributed by atoms with van der Waals surface area (Å²) in [7, 11) is 0. The topological polar surface area (TPSA) is 24.7 Å². The monoisotopic (exact) mass is 82.1 g/mol. The summed E-state index contributed by atoms with van der Waals surface area (Å²) < 4.78 is 0. The third-order valence-corrected chi connectivity index (χ3v) is 0.632. The van der Waals surface area contributed by atoms with Crippen molar-refractivity contribution in [2.45, 2.75) is 0 Å². The van der Waals surface area contributed by atoms with Crippen LogP contribution in [0, 0.1) is 0 Å². The molecule has 0 unspecified atom stereocenters. The molecule has 0 N–H and O–H groups in total. The van der Waals surface area contributed by atoms with E-state index in [1.165, 1.54) is 0 Å². The van der Waals surface area contributed by atoms with Crippen molar-refractivity contribution in [3.63, 3.8) is 0 Å². The Morgan fingerprint density at radius 3 is 1.67 bits per heavy atom. The van der Waals surface area contributed by atoms with Gasteiger partial charge in [0.25, 0.3) is 0 Å². The summed E-state index contributed by atoms with van der Waals surface area (Å²) in [6.07, 6.45) is 3.64. The van der Waals surface area contributed by atoms with Crippen molar-refractivity contribution < 1.29 is 0 Å². The molecule has 1 aliphatic heterocycles. The highest BCUT2D eigenvalue weighted by atomic mass is 14.8. The minimum absolute atomic E-state index is 0.778. The standard InChI is InChI=1S/C4H6N2/c1-2-6-4-3-5-1/h1,4H,2-3H2. The van der Waals surface area contributed by atoms with Gasteiger partial charge in [0.15, 0.2) is 0 Å². The first-order chi connectivity index (χ1) is 3.00. The van der Waals surface area contributed by atoms with Gasteiger partial charge >= 0.3 is 0 Å². The minimum Gasteiger partial charge on any atom is -0.290 e. The van der Waals surface area contributed by atoms with Crippen LogP contribution >= 0.6 is 0 Å². The lowest BCUT2D eigenvalue weighted by Gasteiger charge is -1.88. The quantitative estimate of drug-likeness (QED) is 0.397. The second kappa shape index (κ2) is 1.70. The molecular formula is C4H6N2. The first-order valence-corrected chi connectivity index (χ1v) is 1.97. The zero-order valence-corrected chi connectivity index (χ0v) is 3.46. The molecule has 1 rings (SSSR count). The highest BCUT2D eigenvalue weighted by Crippen LogP contribution is 1.72. The Morgan fingerprint density at radius 1 is 1.00 bits per heavy atom. The van der Waals surface area contributed by atoms with E-state index in [9.17, 15) is 0 Å². The van der Waals surface area contributed by atoms with Gasteiger partial charge in [-0.25, -0.2) is 0 Å². The molecule has 1 heterocycles. The van der Waals surface area contributed by atoms with Gasteiger partial charge in [0, 0.05) is 12.4 Å². The van der Waals surface area contributed by atoms with Crippen LogP contribution in [0.1, 0.15) is 0 Å². The molecule has 0 aromatic heterocycles. The van der Waals surface area contributed by atoms with Gasteiger partial charge in [-0.2, -0.15) is 0 Å². The predicted molar refractivity (Wildman–Crippen MR) is 26.7 cm³/mol. The molecule has 6 heavy (non-hydrogen) atoms. The normalized spacial score (nSPS) is 18.7. The fraction of sp³-hybridized carbons (Fsp3) is 0.500. The summed E-state index contributed by atoms with van der Waals surface area (Å²) in [5, 5.41) is 0. The Morgan fingerprint density at radius 2 is 1.50 bits per heavy atom. The maximum absolute atomic E-state index is 3.90. The van der Waals surface area contributed by atoms with Crippen molar-refractivity contribution in [2.24, 2.45) is 9.98 Å². The molecule has 1 aliphatic rings. The third-order valence-electron chi connectivity index (χ3n) is 0.632. The predicted octanol–water partition coefficient (Wildman–Crippen LogP) is 0.142. The lowest BCUT2D eigenvalue weighted by molar-refractivity contribution is 1.20. The largest absolute Gasteiger partial charge is 0.290 e. The molecule has 0 saturated carbocycles. The number of hydrogen-bond acceptors (Lipinski definition) is 2. The molecule has 0 amide bonds. The van der Waals surface area contributed by atoms with E-state index in [2.05, 4.69) is 9.98 Å². The van der Waals surface area contributed by atoms with Crippen molar-refractivity contribution in [2.75, 3.05) is 13.1 Å². The molecule has 0 bridgehead atoms. The second-order valence-electron chi connectivity index (χ2n) is 1.10. The van der Waals surface area contributed by atoms with E-state index in [0.29, 0.717) is 0 Å². The minimum atomic E-state index is 0.778. The molecule has 0 radical (unpaired) electrons. The molecule has 0 spiro atoms. The first kappa shape index (κ1) is 3.53. The van der Waals surface area contributed by atoms with Crippen molar-refractivity contribution >= 4 is 12.4 Å². The average Bonchev–Trinajstić information content (AvgIpc) is 1.72. The Balaban J connectivity index is 2.40. The van der Waals surface area contributed by atoms with Crippen molar-refractivity contribution in [1.82, 2.24) is 0 Å². The van der Waals surface area contributed by atoms with Crippen LogP contribution in [0.15, 0.2) is 9.98 Å². The molecule has 0 atom stereocenters. The Hall–Kier alpha value is -0.660. The average molecular weight is 82.1 g/mol. The molecule has 0 aliphatic carbocycles. The fourth-order valence-electron chi connectivity index (χ4n) is 0.359. The van der Waals surface area contributed by atoms with E-state index < -0.39 is 0 Å². The molecule has 32 valence electrons. The summed E-state index contributed by atoms with van der Waals surface area (Å²) in [6.45, 7) is 1.56. The van der Waals surface area contributed by atoms with E-state index in [-0.39, 0.29) is 0 Å². The van der Waals surface area contributed by atoms with Gasteiger partial charge in [-0.3, -0.25) is 9.98 Å². The van der Waals surface area contributed by atoms with Crippen molar-refractivity contribution in [1.29, 1.82) is 0 Å². The Labute approximate surface area is 36.6 Å². The van der Waals surface area contributed by atoms with E-state index in [0.717, 1.165) is 13.1 Å². The van der Waals surface area contributed by atoms with Crippen LogP contribution in [0.2, 0.25) is 0 Å². The molecule has 0 aromatic carbocycles. The van der Waals surface area contributed by atoms with Crippen molar-refractivity contribution in [3.05, 3.63) is 0 Å². The maximum atomic E-state index is 3.90.